The molecule has 4 heterocycles. The standard InChI is InChI=1S/C36H22N4/c1-2-8-23(9-3-1)32-20-31(34-19-25-11-5-7-13-27(25)22-39-34)30-15-14-29-28(16-17-37-35(29)36(30)40-32)33-18-24-10-4-6-12-26(24)21-38-33/h1-22H. The van der Waals surface area contributed by atoms with Crippen molar-refractivity contribution in [1.29, 1.82) is 0 Å². The molecule has 0 aliphatic rings. The SMILES string of the molecule is c1ccc(-c2cc(-c3cc4ccccc4cn3)c3ccc4c(-c5cc6ccccc6cn5)ccnc4c3n2)cc1. The molecule has 8 rings (SSSR count). The van der Waals surface area contributed by atoms with Crippen molar-refractivity contribution in [3.05, 3.63) is 134 Å². The summed E-state index contributed by atoms with van der Waals surface area (Å²) in [5, 5.41) is 6.60. The van der Waals surface area contributed by atoms with Crippen LogP contribution in [0.25, 0.3) is 77.1 Å². The Labute approximate surface area is 230 Å². The number of nitrogens with zero attached hydrogens (tertiary/aromatic N) is 4. The summed E-state index contributed by atoms with van der Waals surface area (Å²) in [6.07, 6.45) is 5.74. The fourth-order valence-corrected chi connectivity index (χ4v) is 5.56. The van der Waals surface area contributed by atoms with Crippen molar-refractivity contribution in [3.8, 4) is 33.8 Å². The van der Waals surface area contributed by atoms with Crippen molar-refractivity contribution in [1.82, 2.24) is 19.9 Å². The van der Waals surface area contributed by atoms with E-state index >= 15 is 0 Å². The number of hydrogen-bond donors (Lipinski definition) is 0. The minimum absolute atomic E-state index is 0.852. The van der Waals surface area contributed by atoms with E-state index in [-0.39, 0.29) is 0 Å². The largest absolute Gasteiger partial charge is 0.256 e. The zero-order valence-corrected chi connectivity index (χ0v) is 21.5. The molecular formula is C36H22N4. The summed E-state index contributed by atoms with van der Waals surface area (Å²) in [5.74, 6) is 0. The molecule has 0 saturated carbocycles. The Morgan fingerprint density at radius 2 is 0.975 bits per heavy atom. The van der Waals surface area contributed by atoms with Gasteiger partial charge in [0.15, 0.2) is 0 Å². The molecule has 4 nitrogen and oxygen atoms in total. The highest BCUT2D eigenvalue weighted by Crippen LogP contribution is 2.37. The maximum atomic E-state index is 5.20. The van der Waals surface area contributed by atoms with Gasteiger partial charge in [0.1, 0.15) is 0 Å². The highest BCUT2D eigenvalue weighted by Gasteiger charge is 2.16. The monoisotopic (exact) mass is 510 g/mol. The Morgan fingerprint density at radius 1 is 0.400 bits per heavy atom. The summed E-state index contributed by atoms with van der Waals surface area (Å²) in [6, 6.07) is 39.7. The van der Waals surface area contributed by atoms with E-state index in [2.05, 4.69) is 78.9 Å². The van der Waals surface area contributed by atoms with Gasteiger partial charge in [-0.25, -0.2) is 4.98 Å². The second kappa shape index (κ2) is 9.07. The van der Waals surface area contributed by atoms with Gasteiger partial charge >= 0.3 is 0 Å². The van der Waals surface area contributed by atoms with Gasteiger partial charge in [-0.2, -0.15) is 0 Å². The van der Waals surface area contributed by atoms with E-state index < -0.39 is 0 Å². The van der Waals surface area contributed by atoms with Crippen LogP contribution >= 0.6 is 0 Å². The van der Waals surface area contributed by atoms with Crippen LogP contribution in [0.15, 0.2) is 134 Å². The fraction of sp³-hybridized carbons (Fsp3) is 0. The first-order valence-electron chi connectivity index (χ1n) is 13.3. The minimum Gasteiger partial charge on any atom is -0.256 e. The molecule has 186 valence electrons. The third kappa shape index (κ3) is 3.69. The number of rotatable bonds is 3. The van der Waals surface area contributed by atoms with Crippen molar-refractivity contribution in [3.63, 3.8) is 0 Å². The molecule has 8 aromatic rings. The average Bonchev–Trinajstić information content (AvgIpc) is 3.03. The topological polar surface area (TPSA) is 51.6 Å². The fourth-order valence-electron chi connectivity index (χ4n) is 5.56. The molecule has 40 heavy (non-hydrogen) atoms. The van der Waals surface area contributed by atoms with Crippen LogP contribution in [0, 0.1) is 0 Å². The van der Waals surface area contributed by atoms with Gasteiger partial charge in [-0.3, -0.25) is 15.0 Å². The molecule has 4 heteroatoms. The molecule has 0 saturated heterocycles. The first-order valence-corrected chi connectivity index (χ1v) is 13.3. The molecule has 0 amide bonds. The molecule has 0 atom stereocenters. The molecule has 4 aromatic carbocycles. The van der Waals surface area contributed by atoms with E-state index in [1.807, 2.05) is 55.0 Å². The van der Waals surface area contributed by atoms with Crippen molar-refractivity contribution in [2.24, 2.45) is 0 Å². The lowest BCUT2D eigenvalue weighted by molar-refractivity contribution is 1.33. The Kier molecular flexibility index (Phi) is 5.10. The highest BCUT2D eigenvalue weighted by molar-refractivity contribution is 6.12. The first-order chi connectivity index (χ1) is 19.8. The third-order valence-corrected chi connectivity index (χ3v) is 7.57. The van der Waals surface area contributed by atoms with Crippen LogP contribution in [0.4, 0.5) is 0 Å². The lowest BCUT2D eigenvalue weighted by Crippen LogP contribution is -1.95. The third-order valence-electron chi connectivity index (χ3n) is 7.57. The molecule has 0 spiro atoms. The van der Waals surface area contributed by atoms with E-state index in [1.54, 1.807) is 0 Å². The van der Waals surface area contributed by atoms with Crippen LogP contribution in [0.2, 0.25) is 0 Å². The quantitative estimate of drug-likeness (QED) is 0.223. The Balaban J connectivity index is 1.42. The molecule has 0 radical (unpaired) electrons. The van der Waals surface area contributed by atoms with E-state index in [0.29, 0.717) is 0 Å². The summed E-state index contributed by atoms with van der Waals surface area (Å²) in [6.45, 7) is 0. The van der Waals surface area contributed by atoms with Crippen LogP contribution in [-0.4, -0.2) is 19.9 Å². The second-order valence-electron chi connectivity index (χ2n) is 9.97. The van der Waals surface area contributed by atoms with Gasteiger partial charge in [0.2, 0.25) is 0 Å². The minimum atomic E-state index is 0.852. The average molecular weight is 511 g/mol. The van der Waals surface area contributed by atoms with Crippen LogP contribution in [0.1, 0.15) is 0 Å². The van der Waals surface area contributed by atoms with Gasteiger partial charge in [-0.15, -0.1) is 0 Å². The molecule has 4 aromatic heterocycles. The molecule has 0 bridgehead atoms. The lowest BCUT2D eigenvalue weighted by atomic mass is 9.97. The number of fused-ring (bicyclic) bond motifs is 5. The van der Waals surface area contributed by atoms with E-state index in [1.165, 1.54) is 0 Å². The molecular weight excluding hydrogens is 488 g/mol. The highest BCUT2D eigenvalue weighted by atomic mass is 14.8. The van der Waals surface area contributed by atoms with Gasteiger partial charge in [-0.1, -0.05) is 91.0 Å². The van der Waals surface area contributed by atoms with Crippen molar-refractivity contribution < 1.29 is 0 Å². The van der Waals surface area contributed by atoms with Crippen molar-refractivity contribution in [2.45, 2.75) is 0 Å². The summed E-state index contributed by atoms with van der Waals surface area (Å²) < 4.78 is 0. The maximum Gasteiger partial charge on any atom is 0.0979 e. The van der Waals surface area contributed by atoms with Gasteiger partial charge < -0.3 is 0 Å². The summed E-state index contributed by atoms with van der Waals surface area (Å²) in [7, 11) is 0. The normalized spacial score (nSPS) is 11.5. The van der Waals surface area contributed by atoms with E-state index in [4.69, 9.17) is 19.9 Å². The summed E-state index contributed by atoms with van der Waals surface area (Å²) >= 11 is 0. The number of aromatic nitrogens is 4. The predicted octanol–water partition coefficient (Wildman–Crippen LogP) is 8.88. The Bertz CT molecular complexity index is 2220. The predicted molar refractivity (Wildman–Crippen MR) is 164 cm³/mol. The van der Waals surface area contributed by atoms with E-state index in [0.717, 1.165) is 77.1 Å². The van der Waals surface area contributed by atoms with Gasteiger partial charge in [-0.05, 0) is 35.0 Å². The van der Waals surface area contributed by atoms with E-state index in [9.17, 15) is 0 Å². The molecule has 0 aliphatic carbocycles. The number of benzene rings is 4. The van der Waals surface area contributed by atoms with Gasteiger partial charge in [0.05, 0.1) is 28.1 Å². The molecule has 0 unspecified atom stereocenters. The second-order valence-corrected chi connectivity index (χ2v) is 9.97. The number of hydrogen-bond acceptors (Lipinski definition) is 4. The van der Waals surface area contributed by atoms with Gasteiger partial charge in [0.25, 0.3) is 0 Å². The summed E-state index contributed by atoms with van der Waals surface area (Å²) in [4.78, 5) is 19.7. The summed E-state index contributed by atoms with van der Waals surface area (Å²) in [5.41, 5.74) is 7.55. The van der Waals surface area contributed by atoms with Crippen LogP contribution in [0.3, 0.4) is 0 Å². The smallest absolute Gasteiger partial charge is 0.0979 e. The molecule has 0 fully saturated rings. The van der Waals surface area contributed by atoms with Gasteiger partial charge in [0, 0.05) is 56.8 Å². The first kappa shape index (κ1) is 22.5. The van der Waals surface area contributed by atoms with Crippen LogP contribution in [0.5, 0.6) is 0 Å². The molecule has 0 N–H and O–H groups in total. The molecule has 0 aliphatic heterocycles. The van der Waals surface area contributed by atoms with Crippen LogP contribution < -0.4 is 0 Å². The zero-order chi connectivity index (χ0) is 26.5. The van der Waals surface area contributed by atoms with Crippen molar-refractivity contribution in [2.75, 3.05) is 0 Å². The maximum absolute atomic E-state index is 5.20. The number of pyridine rings is 4. The Hall–Kier alpha value is -5.48. The zero-order valence-electron chi connectivity index (χ0n) is 21.5. The van der Waals surface area contributed by atoms with Crippen molar-refractivity contribution >= 4 is 43.4 Å². The van der Waals surface area contributed by atoms with Crippen LogP contribution in [-0.2, 0) is 0 Å². The Morgan fingerprint density at radius 3 is 1.65 bits per heavy atom. The lowest BCUT2D eigenvalue weighted by Gasteiger charge is -2.13.